The first-order valence-corrected chi connectivity index (χ1v) is 7.03. The van der Waals surface area contributed by atoms with Gasteiger partial charge in [-0.25, -0.2) is 4.39 Å². The first-order valence-electron chi connectivity index (χ1n) is 5.48. The minimum absolute atomic E-state index is 0.0382. The van der Waals surface area contributed by atoms with Crippen LogP contribution in [-0.2, 0) is 15.0 Å². The summed E-state index contributed by atoms with van der Waals surface area (Å²) in [6, 6.07) is 3.68. The molecule has 8 heteroatoms. The zero-order valence-corrected chi connectivity index (χ0v) is 10.5. The van der Waals surface area contributed by atoms with Gasteiger partial charge < -0.3 is 10.0 Å². The molecule has 2 rings (SSSR count). The molecule has 1 fully saturated rings. The number of nitrogens with zero attached hydrogens (tertiary/aromatic N) is 1. The fourth-order valence-electron chi connectivity index (χ4n) is 2.13. The van der Waals surface area contributed by atoms with Crippen molar-refractivity contribution >= 4 is 21.8 Å². The molecule has 1 aliphatic heterocycles. The van der Waals surface area contributed by atoms with Gasteiger partial charge in [0.25, 0.3) is 0 Å². The second-order valence-corrected chi connectivity index (χ2v) is 5.80. The lowest BCUT2D eigenvalue weighted by molar-refractivity contribution is -0.117. The lowest BCUT2D eigenvalue weighted by Gasteiger charge is -2.17. The molecule has 0 aliphatic carbocycles. The summed E-state index contributed by atoms with van der Waals surface area (Å²) in [5, 5.41) is 9.53. The Balaban J connectivity index is 2.23. The molecule has 1 amide bonds. The van der Waals surface area contributed by atoms with Gasteiger partial charge in [0, 0.05) is 18.9 Å². The van der Waals surface area contributed by atoms with Crippen LogP contribution in [0.15, 0.2) is 18.2 Å². The van der Waals surface area contributed by atoms with E-state index in [9.17, 15) is 26.6 Å². The fraction of sp³-hybridized carbons (Fsp3) is 0.364. The molecule has 0 saturated carbocycles. The van der Waals surface area contributed by atoms with E-state index in [-0.39, 0.29) is 18.7 Å². The van der Waals surface area contributed by atoms with E-state index in [1.807, 2.05) is 0 Å². The van der Waals surface area contributed by atoms with Crippen LogP contribution in [0.3, 0.4) is 0 Å². The summed E-state index contributed by atoms with van der Waals surface area (Å²) in [6.07, 6.45) is -0.154. The zero-order chi connectivity index (χ0) is 14.2. The monoisotopic (exact) mass is 291 g/mol. The second kappa shape index (κ2) is 4.76. The van der Waals surface area contributed by atoms with Gasteiger partial charge in [0.05, 0.1) is 11.4 Å². The molecule has 1 saturated heterocycles. The van der Waals surface area contributed by atoms with Gasteiger partial charge in [-0.3, -0.25) is 4.79 Å². The molecule has 0 radical (unpaired) electrons. The molecule has 1 aromatic rings. The Morgan fingerprint density at radius 1 is 1.42 bits per heavy atom. The maximum Gasteiger partial charge on any atom is 0.302 e. The molecule has 0 bridgehead atoms. The average Bonchev–Trinajstić information content (AvgIpc) is 2.61. The van der Waals surface area contributed by atoms with Crippen molar-refractivity contribution < 1.29 is 26.6 Å². The quantitative estimate of drug-likeness (QED) is 0.849. The van der Waals surface area contributed by atoms with Crippen molar-refractivity contribution in [2.75, 3.05) is 17.2 Å². The number of phenolic OH excluding ortho intramolecular Hbond substituents is 1. The zero-order valence-electron chi connectivity index (χ0n) is 9.71. The third-order valence-electron chi connectivity index (χ3n) is 2.90. The van der Waals surface area contributed by atoms with Crippen molar-refractivity contribution in [3.63, 3.8) is 0 Å². The molecule has 1 N–H and O–H groups in total. The Morgan fingerprint density at radius 2 is 2.11 bits per heavy atom. The molecule has 1 heterocycles. The molecule has 19 heavy (non-hydrogen) atoms. The van der Waals surface area contributed by atoms with Gasteiger partial charge in [-0.2, -0.15) is 8.42 Å². The third kappa shape index (κ3) is 3.01. The van der Waals surface area contributed by atoms with Crippen molar-refractivity contribution in [2.24, 2.45) is 5.92 Å². The Labute approximate surface area is 108 Å². The van der Waals surface area contributed by atoms with Gasteiger partial charge in [0.15, 0.2) is 11.6 Å². The third-order valence-corrected chi connectivity index (χ3v) is 3.77. The highest BCUT2D eigenvalue weighted by atomic mass is 32.3. The topological polar surface area (TPSA) is 74.7 Å². The van der Waals surface area contributed by atoms with Crippen molar-refractivity contribution in [1.82, 2.24) is 0 Å². The van der Waals surface area contributed by atoms with E-state index in [0.717, 1.165) is 11.0 Å². The van der Waals surface area contributed by atoms with Gasteiger partial charge >= 0.3 is 10.2 Å². The summed E-state index contributed by atoms with van der Waals surface area (Å²) < 4.78 is 46.9. The standard InChI is InChI=1S/C11H11F2NO4S/c12-8-2-1-3-9(11(8)16)14-5-7(4-10(14)15)6-19(13,17)18/h1-3,7,16H,4-6H2. The number of hydrogen-bond donors (Lipinski definition) is 1. The van der Waals surface area contributed by atoms with Crippen LogP contribution in [0.2, 0.25) is 0 Å². The number of hydrogen-bond acceptors (Lipinski definition) is 4. The molecule has 1 aromatic carbocycles. The molecule has 1 aliphatic rings. The first-order chi connectivity index (χ1) is 8.78. The molecule has 104 valence electrons. The number of halogens is 2. The number of benzene rings is 1. The Hall–Kier alpha value is -1.70. The normalized spacial score (nSPS) is 20.0. The molecule has 5 nitrogen and oxygen atoms in total. The smallest absolute Gasteiger partial charge is 0.302 e. The predicted octanol–water partition coefficient (Wildman–Crippen LogP) is 1.18. The second-order valence-electron chi connectivity index (χ2n) is 4.39. The Kier molecular flexibility index (Phi) is 3.44. The number of anilines is 1. The minimum Gasteiger partial charge on any atom is -0.503 e. The van der Waals surface area contributed by atoms with Crippen LogP contribution in [0.5, 0.6) is 5.75 Å². The van der Waals surface area contributed by atoms with Crippen LogP contribution in [-0.4, -0.2) is 31.7 Å². The maximum absolute atomic E-state index is 13.2. The van der Waals surface area contributed by atoms with E-state index in [1.54, 1.807) is 0 Å². The number of amides is 1. The van der Waals surface area contributed by atoms with Crippen LogP contribution >= 0.6 is 0 Å². The van der Waals surface area contributed by atoms with Gasteiger partial charge in [-0.1, -0.05) is 6.07 Å². The number of carbonyl (C=O) groups is 1. The summed E-state index contributed by atoms with van der Waals surface area (Å²) >= 11 is 0. The molecule has 1 unspecified atom stereocenters. The van der Waals surface area contributed by atoms with E-state index in [0.29, 0.717) is 0 Å². The molecule has 1 atom stereocenters. The van der Waals surface area contributed by atoms with E-state index in [2.05, 4.69) is 0 Å². The number of para-hydroxylation sites is 1. The van der Waals surface area contributed by atoms with Gasteiger partial charge in [0.1, 0.15) is 0 Å². The fourth-order valence-corrected chi connectivity index (χ4v) is 2.92. The average molecular weight is 291 g/mol. The molecule has 0 aromatic heterocycles. The predicted molar refractivity (Wildman–Crippen MR) is 63.4 cm³/mol. The number of rotatable bonds is 3. The summed E-state index contributed by atoms with van der Waals surface area (Å²) in [4.78, 5) is 12.8. The van der Waals surface area contributed by atoms with Gasteiger partial charge in [0.2, 0.25) is 5.91 Å². The summed E-state index contributed by atoms with van der Waals surface area (Å²) in [5.74, 6) is -3.50. The van der Waals surface area contributed by atoms with Gasteiger partial charge in [-0.05, 0) is 12.1 Å². The van der Waals surface area contributed by atoms with Crippen LogP contribution in [0.25, 0.3) is 0 Å². The highest BCUT2D eigenvalue weighted by molar-refractivity contribution is 7.86. The number of phenols is 1. The van der Waals surface area contributed by atoms with Crippen LogP contribution in [0.4, 0.5) is 14.0 Å². The summed E-state index contributed by atoms with van der Waals surface area (Å²) in [7, 11) is -4.67. The molecular formula is C11H11F2NO4S. The van der Waals surface area contributed by atoms with Crippen molar-refractivity contribution in [3.8, 4) is 5.75 Å². The van der Waals surface area contributed by atoms with E-state index >= 15 is 0 Å². The van der Waals surface area contributed by atoms with Crippen LogP contribution in [0.1, 0.15) is 6.42 Å². The lowest BCUT2D eigenvalue weighted by atomic mass is 10.1. The van der Waals surface area contributed by atoms with Crippen molar-refractivity contribution in [3.05, 3.63) is 24.0 Å². The Bertz CT molecular complexity index is 617. The van der Waals surface area contributed by atoms with Crippen molar-refractivity contribution in [1.29, 1.82) is 0 Å². The van der Waals surface area contributed by atoms with E-state index < -0.39 is 39.4 Å². The van der Waals surface area contributed by atoms with Crippen molar-refractivity contribution in [2.45, 2.75) is 6.42 Å². The first kappa shape index (κ1) is 13.7. The SMILES string of the molecule is O=C1CC(CS(=O)(=O)F)CN1c1cccc(F)c1O. The maximum atomic E-state index is 13.2. The molecule has 0 spiro atoms. The minimum atomic E-state index is -4.67. The largest absolute Gasteiger partial charge is 0.503 e. The van der Waals surface area contributed by atoms with E-state index in [4.69, 9.17) is 0 Å². The van der Waals surface area contributed by atoms with Crippen LogP contribution < -0.4 is 4.90 Å². The highest BCUT2D eigenvalue weighted by Crippen LogP contribution is 2.34. The summed E-state index contributed by atoms with van der Waals surface area (Å²) in [6.45, 7) is -0.0704. The van der Waals surface area contributed by atoms with E-state index in [1.165, 1.54) is 12.1 Å². The Morgan fingerprint density at radius 3 is 2.74 bits per heavy atom. The highest BCUT2D eigenvalue weighted by Gasteiger charge is 2.35. The number of carbonyl (C=O) groups excluding carboxylic acids is 1. The van der Waals surface area contributed by atoms with Gasteiger partial charge in [-0.15, -0.1) is 3.89 Å². The summed E-state index contributed by atoms with van der Waals surface area (Å²) in [5.41, 5.74) is -0.0382. The molecular weight excluding hydrogens is 280 g/mol. The lowest BCUT2D eigenvalue weighted by Crippen LogP contribution is -2.25. The van der Waals surface area contributed by atoms with Crippen LogP contribution in [0, 0.1) is 11.7 Å². The number of aromatic hydroxyl groups is 1.